The summed E-state index contributed by atoms with van der Waals surface area (Å²) in [6.45, 7) is 9.15. The van der Waals surface area contributed by atoms with Crippen molar-refractivity contribution in [2.75, 3.05) is 68.6 Å². The molecule has 6 heterocycles. The summed E-state index contributed by atoms with van der Waals surface area (Å²) in [5.74, 6) is 9.33. The van der Waals surface area contributed by atoms with Gasteiger partial charge in [0.15, 0.2) is 23.0 Å². The van der Waals surface area contributed by atoms with E-state index in [0.717, 1.165) is 49.0 Å². The smallest absolute Gasteiger partial charge is 0.279 e. The van der Waals surface area contributed by atoms with Crippen LogP contribution in [0.5, 0.6) is 11.5 Å². The summed E-state index contributed by atoms with van der Waals surface area (Å²) < 4.78 is 14.8. The molecule has 1 saturated heterocycles. The summed E-state index contributed by atoms with van der Waals surface area (Å²) in [5.41, 5.74) is 2.83. The van der Waals surface area contributed by atoms with E-state index in [1.807, 2.05) is 35.2 Å². The van der Waals surface area contributed by atoms with E-state index >= 15 is 0 Å². The molecule has 0 atom stereocenters. The number of fused-ring (bicyclic) bond motifs is 5. The van der Waals surface area contributed by atoms with Crippen molar-refractivity contribution >= 4 is 34.2 Å². The Morgan fingerprint density at radius 3 is 2.76 bits per heavy atom. The average Bonchev–Trinajstić information content (AvgIpc) is 3.26. The minimum atomic E-state index is -0.232. The maximum atomic E-state index is 13.5. The number of piperazine rings is 1. The van der Waals surface area contributed by atoms with Gasteiger partial charge in [0.1, 0.15) is 24.3 Å². The molecule has 1 fully saturated rings. The molecular weight excluding hydrogens is 534 g/mol. The number of ether oxygens (including phenoxy) is 2. The Labute approximate surface area is 242 Å². The van der Waals surface area contributed by atoms with Crippen LogP contribution in [0.15, 0.2) is 53.6 Å². The number of pyridine rings is 1. The van der Waals surface area contributed by atoms with Gasteiger partial charge in [0, 0.05) is 56.7 Å². The number of hydrogen-bond acceptors (Lipinski definition) is 10. The number of benzene rings is 1. The number of anilines is 4. The third-order valence-corrected chi connectivity index (χ3v) is 7.84. The lowest BCUT2D eigenvalue weighted by molar-refractivity contribution is 0.311. The first-order chi connectivity index (χ1) is 20.5. The van der Waals surface area contributed by atoms with Crippen LogP contribution >= 0.6 is 0 Å². The molecule has 3 aliphatic rings. The molecule has 0 aliphatic carbocycles. The fraction of sp³-hybridized carbons (Fsp3) is 0.333. The number of rotatable bonds is 4. The van der Waals surface area contributed by atoms with Gasteiger partial charge in [-0.1, -0.05) is 18.4 Å². The fourth-order valence-corrected chi connectivity index (χ4v) is 5.54. The van der Waals surface area contributed by atoms with Gasteiger partial charge >= 0.3 is 0 Å². The molecule has 0 unspecified atom stereocenters. The second-order valence-electron chi connectivity index (χ2n) is 10.5. The molecule has 12 nitrogen and oxygen atoms in total. The summed E-state index contributed by atoms with van der Waals surface area (Å²) in [6, 6.07) is 9.62. The van der Waals surface area contributed by atoms with E-state index in [9.17, 15) is 4.79 Å². The van der Waals surface area contributed by atoms with Gasteiger partial charge in [-0.25, -0.2) is 19.3 Å². The predicted octanol–water partition coefficient (Wildman–Crippen LogP) is 2.60. The van der Waals surface area contributed by atoms with Crippen LogP contribution in [0.4, 0.5) is 23.1 Å². The molecule has 0 amide bonds. The predicted molar refractivity (Wildman–Crippen MR) is 161 cm³/mol. The first-order valence-corrected chi connectivity index (χ1v) is 13.9. The van der Waals surface area contributed by atoms with Crippen molar-refractivity contribution in [3.8, 4) is 29.2 Å². The van der Waals surface area contributed by atoms with Crippen LogP contribution in [0.2, 0.25) is 0 Å². The number of likely N-dealkylation sites (N-methyl/N-ethyl adjacent to an activating group) is 1. The van der Waals surface area contributed by atoms with Crippen molar-refractivity contribution < 1.29 is 9.47 Å². The molecule has 12 heteroatoms. The van der Waals surface area contributed by atoms with Gasteiger partial charge in [-0.2, -0.15) is 4.98 Å². The van der Waals surface area contributed by atoms with Crippen molar-refractivity contribution in [3.63, 3.8) is 0 Å². The lowest BCUT2D eigenvalue weighted by Crippen LogP contribution is -2.44. The minimum Gasteiger partial charge on any atom is -0.495 e. The van der Waals surface area contributed by atoms with Crippen molar-refractivity contribution in [1.82, 2.24) is 29.2 Å². The fourth-order valence-electron chi connectivity index (χ4n) is 5.54. The molecule has 2 bridgehead atoms. The van der Waals surface area contributed by atoms with Crippen LogP contribution in [0.3, 0.4) is 0 Å². The molecule has 42 heavy (non-hydrogen) atoms. The zero-order valence-corrected chi connectivity index (χ0v) is 23.6. The Morgan fingerprint density at radius 1 is 1.07 bits per heavy atom. The Hall–Kier alpha value is -5.02. The Bertz CT molecular complexity index is 1830. The van der Waals surface area contributed by atoms with Crippen LogP contribution in [0.1, 0.15) is 6.42 Å². The lowest BCUT2D eigenvalue weighted by Gasteiger charge is -2.34. The Kier molecular flexibility index (Phi) is 6.43. The zero-order valence-electron chi connectivity index (χ0n) is 23.6. The molecule has 1 aromatic carbocycles. The lowest BCUT2D eigenvalue weighted by atomic mass is 10.2. The summed E-state index contributed by atoms with van der Waals surface area (Å²) in [7, 11) is 3.82. The number of aromatic nitrogens is 5. The molecular formula is C30H31N9O3. The van der Waals surface area contributed by atoms with Gasteiger partial charge in [0.2, 0.25) is 5.95 Å². The van der Waals surface area contributed by atoms with Crippen LogP contribution in [-0.2, 0) is 6.54 Å². The molecule has 3 aliphatic heterocycles. The zero-order chi connectivity index (χ0) is 28.8. The topological polar surface area (TPSA) is 106 Å². The summed E-state index contributed by atoms with van der Waals surface area (Å²) >= 11 is 0. The van der Waals surface area contributed by atoms with Gasteiger partial charge in [-0.3, -0.25) is 4.79 Å². The third kappa shape index (κ3) is 4.48. The van der Waals surface area contributed by atoms with E-state index in [2.05, 4.69) is 45.6 Å². The maximum Gasteiger partial charge on any atom is 0.279 e. The monoisotopic (exact) mass is 565 g/mol. The molecule has 3 aromatic heterocycles. The van der Waals surface area contributed by atoms with Crippen molar-refractivity contribution in [2.24, 2.45) is 0 Å². The number of nitrogens with one attached hydrogen (secondary N) is 1. The van der Waals surface area contributed by atoms with Crippen molar-refractivity contribution in [2.45, 2.75) is 13.0 Å². The highest BCUT2D eigenvalue weighted by Crippen LogP contribution is 2.35. The van der Waals surface area contributed by atoms with Crippen molar-refractivity contribution in [3.05, 3.63) is 59.2 Å². The summed E-state index contributed by atoms with van der Waals surface area (Å²) in [6.07, 6.45) is 2.16. The Balaban J connectivity index is 1.30. The second-order valence-corrected chi connectivity index (χ2v) is 10.5. The highest BCUT2D eigenvalue weighted by Gasteiger charge is 2.26. The standard InChI is InChI=1S/C30H31N9O3/c1-20-19-42-25-9-10-26-33-28(25)37(20)11-5-4-6-12-38-29(40)22-18-31-30(34-27(22)39(26)38)32-21-7-8-24(41-3)23(17-21)36-15-13-35(2)14-16-36/h7-10,17-18H,1,5,11-16,19H2,2-3H3,(H,31,32,34). The summed E-state index contributed by atoms with van der Waals surface area (Å²) in [5, 5.41) is 3.71. The van der Waals surface area contributed by atoms with Crippen LogP contribution in [0, 0.1) is 11.8 Å². The number of methoxy groups -OCH3 is 1. The highest BCUT2D eigenvalue weighted by atomic mass is 16.5. The van der Waals surface area contributed by atoms with Crippen molar-refractivity contribution in [1.29, 1.82) is 0 Å². The molecule has 0 radical (unpaired) electrons. The average molecular weight is 566 g/mol. The molecule has 7 rings (SSSR count). The van der Waals surface area contributed by atoms with E-state index < -0.39 is 0 Å². The van der Waals surface area contributed by atoms with E-state index in [4.69, 9.17) is 19.4 Å². The molecule has 4 aromatic rings. The van der Waals surface area contributed by atoms with E-state index in [1.54, 1.807) is 22.7 Å². The number of nitrogens with zero attached hydrogens (tertiary/aromatic N) is 8. The largest absolute Gasteiger partial charge is 0.495 e. The van der Waals surface area contributed by atoms with E-state index in [1.165, 1.54) is 0 Å². The first-order valence-electron chi connectivity index (χ1n) is 13.9. The molecule has 0 spiro atoms. The first kappa shape index (κ1) is 25.9. The highest BCUT2D eigenvalue weighted by molar-refractivity contribution is 5.78. The van der Waals surface area contributed by atoms with Gasteiger partial charge in [-0.15, -0.1) is 0 Å². The van der Waals surface area contributed by atoms with Gasteiger partial charge in [0.05, 0.1) is 12.8 Å². The quantitative estimate of drug-likeness (QED) is 0.371. The SMILES string of the molecule is C=C1COc2ccc3nc2N1CCC#CCn1c(=O)c2cnc(Nc4ccc(OC)c(N5CCN(C)CC5)c4)nc2n1-3. The number of hydrogen-bond donors (Lipinski definition) is 1. The normalized spacial score (nSPS) is 16.7. The van der Waals surface area contributed by atoms with Gasteiger partial charge in [0.25, 0.3) is 5.56 Å². The summed E-state index contributed by atoms with van der Waals surface area (Å²) in [4.78, 5) is 34.4. The van der Waals surface area contributed by atoms with Crippen LogP contribution < -0.4 is 30.1 Å². The Morgan fingerprint density at radius 2 is 1.93 bits per heavy atom. The van der Waals surface area contributed by atoms with Crippen LogP contribution in [0.25, 0.3) is 16.9 Å². The molecule has 214 valence electrons. The van der Waals surface area contributed by atoms with E-state index in [0.29, 0.717) is 53.9 Å². The molecule has 1 N–H and O–H groups in total. The van der Waals surface area contributed by atoms with E-state index in [-0.39, 0.29) is 12.1 Å². The third-order valence-electron chi connectivity index (χ3n) is 7.84. The van der Waals surface area contributed by atoms with Gasteiger partial charge < -0.3 is 29.5 Å². The molecule has 0 saturated carbocycles. The van der Waals surface area contributed by atoms with Crippen LogP contribution in [-0.4, -0.2) is 82.7 Å². The maximum absolute atomic E-state index is 13.5. The minimum absolute atomic E-state index is 0.195. The van der Waals surface area contributed by atoms with Gasteiger partial charge in [-0.05, 0) is 37.4 Å². The second kappa shape index (κ2) is 10.4.